The SMILES string of the molecule is COC(=O)C1CN(c2cccc(C)c2)CCC1=O. The molecule has 1 aromatic carbocycles. The maximum Gasteiger partial charge on any atom is 0.318 e. The maximum absolute atomic E-state index is 11.7. The monoisotopic (exact) mass is 247 g/mol. The second-order valence-corrected chi connectivity index (χ2v) is 4.58. The Hall–Kier alpha value is -1.84. The first kappa shape index (κ1) is 12.6. The van der Waals surface area contributed by atoms with Crippen LogP contribution in [-0.2, 0) is 14.3 Å². The summed E-state index contributed by atoms with van der Waals surface area (Å²) < 4.78 is 4.68. The van der Waals surface area contributed by atoms with Crippen molar-refractivity contribution in [2.75, 3.05) is 25.1 Å². The van der Waals surface area contributed by atoms with Gasteiger partial charge in [-0.2, -0.15) is 0 Å². The third-order valence-electron chi connectivity index (χ3n) is 3.27. The van der Waals surface area contributed by atoms with Crippen LogP contribution in [0.25, 0.3) is 0 Å². The largest absolute Gasteiger partial charge is 0.468 e. The van der Waals surface area contributed by atoms with E-state index in [1.807, 2.05) is 25.1 Å². The first-order valence-electron chi connectivity index (χ1n) is 6.04. The van der Waals surface area contributed by atoms with Crippen molar-refractivity contribution in [3.05, 3.63) is 29.8 Å². The van der Waals surface area contributed by atoms with Crippen molar-refractivity contribution in [1.29, 1.82) is 0 Å². The van der Waals surface area contributed by atoms with Gasteiger partial charge in [-0.05, 0) is 24.6 Å². The van der Waals surface area contributed by atoms with Gasteiger partial charge in [-0.25, -0.2) is 0 Å². The van der Waals surface area contributed by atoms with Gasteiger partial charge in [0.1, 0.15) is 5.92 Å². The van der Waals surface area contributed by atoms with Crippen LogP contribution in [0.1, 0.15) is 12.0 Å². The zero-order chi connectivity index (χ0) is 13.1. The lowest BCUT2D eigenvalue weighted by atomic mass is 9.96. The normalized spacial score (nSPS) is 19.8. The van der Waals surface area contributed by atoms with E-state index in [0.29, 0.717) is 19.5 Å². The molecule has 1 unspecified atom stereocenters. The molecule has 1 aliphatic heterocycles. The molecule has 1 aromatic rings. The number of ether oxygens (including phenoxy) is 1. The zero-order valence-electron chi connectivity index (χ0n) is 10.7. The van der Waals surface area contributed by atoms with Gasteiger partial charge in [0, 0.05) is 25.2 Å². The number of piperidine rings is 1. The van der Waals surface area contributed by atoms with Crippen LogP contribution in [0, 0.1) is 12.8 Å². The number of carbonyl (C=O) groups excluding carboxylic acids is 2. The number of ketones is 1. The number of aryl methyl sites for hydroxylation is 1. The number of esters is 1. The molecule has 4 nitrogen and oxygen atoms in total. The van der Waals surface area contributed by atoms with Crippen molar-refractivity contribution in [2.45, 2.75) is 13.3 Å². The minimum Gasteiger partial charge on any atom is -0.468 e. The lowest BCUT2D eigenvalue weighted by Crippen LogP contribution is -2.44. The van der Waals surface area contributed by atoms with Crippen molar-refractivity contribution in [2.24, 2.45) is 5.92 Å². The van der Waals surface area contributed by atoms with Crippen LogP contribution in [0.2, 0.25) is 0 Å². The van der Waals surface area contributed by atoms with Crippen LogP contribution in [-0.4, -0.2) is 32.0 Å². The third kappa shape index (κ3) is 2.53. The first-order valence-corrected chi connectivity index (χ1v) is 6.04. The van der Waals surface area contributed by atoms with E-state index >= 15 is 0 Å². The molecule has 1 saturated heterocycles. The fraction of sp³-hybridized carbons (Fsp3) is 0.429. The molecule has 0 saturated carbocycles. The van der Waals surface area contributed by atoms with Gasteiger partial charge in [-0.15, -0.1) is 0 Å². The molecule has 0 aromatic heterocycles. The topological polar surface area (TPSA) is 46.6 Å². The van der Waals surface area contributed by atoms with Crippen LogP contribution in [0.4, 0.5) is 5.69 Å². The summed E-state index contributed by atoms with van der Waals surface area (Å²) in [4.78, 5) is 25.3. The van der Waals surface area contributed by atoms with Crippen molar-refractivity contribution in [3.8, 4) is 0 Å². The van der Waals surface area contributed by atoms with Gasteiger partial charge in [-0.1, -0.05) is 12.1 Å². The highest BCUT2D eigenvalue weighted by molar-refractivity contribution is 6.00. The van der Waals surface area contributed by atoms with E-state index in [-0.39, 0.29) is 5.78 Å². The van der Waals surface area contributed by atoms with Gasteiger partial charge in [0.2, 0.25) is 0 Å². The van der Waals surface area contributed by atoms with E-state index in [1.165, 1.54) is 12.7 Å². The van der Waals surface area contributed by atoms with Crippen molar-refractivity contribution in [1.82, 2.24) is 0 Å². The van der Waals surface area contributed by atoms with Gasteiger partial charge in [-0.3, -0.25) is 9.59 Å². The Labute approximate surface area is 107 Å². The first-order chi connectivity index (χ1) is 8.61. The summed E-state index contributed by atoms with van der Waals surface area (Å²) in [5.41, 5.74) is 2.22. The fourth-order valence-corrected chi connectivity index (χ4v) is 2.24. The highest BCUT2D eigenvalue weighted by Crippen LogP contribution is 2.22. The molecule has 0 aliphatic carbocycles. The molecule has 0 amide bonds. The number of carbonyl (C=O) groups is 2. The molecule has 1 fully saturated rings. The molecule has 18 heavy (non-hydrogen) atoms. The Bertz CT molecular complexity index is 462. The van der Waals surface area contributed by atoms with Crippen LogP contribution >= 0.6 is 0 Å². The predicted molar refractivity (Wildman–Crippen MR) is 68.5 cm³/mol. The third-order valence-corrected chi connectivity index (χ3v) is 3.27. The summed E-state index contributed by atoms with van der Waals surface area (Å²) in [5, 5.41) is 0. The average molecular weight is 247 g/mol. The van der Waals surface area contributed by atoms with Gasteiger partial charge in [0.25, 0.3) is 0 Å². The minimum absolute atomic E-state index is 0.0225. The number of anilines is 1. The Morgan fingerprint density at radius 2 is 2.22 bits per heavy atom. The Kier molecular flexibility index (Phi) is 3.65. The molecule has 0 radical (unpaired) electrons. The van der Waals surface area contributed by atoms with Crippen LogP contribution < -0.4 is 4.90 Å². The second kappa shape index (κ2) is 5.21. The molecule has 2 rings (SSSR count). The zero-order valence-corrected chi connectivity index (χ0v) is 10.7. The molecule has 0 bridgehead atoms. The van der Waals surface area contributed by atoms with Crippen LogP contribution in [0.15, 0.2) is 24.3 Å². The summed E-state index contributed by atoms with van der Waals surface area (Å²) in [6.07, 6.45) is 0.397. The number of rotatable bonds is 2. The Morgan fingerprint density at radius 1 is 1.44 bits per heavy atom. The second-order valence-electron chi connectivity index (χ2n) is 4.58. The highest BCUT2D eigenvalue weighted by Gasteiger charge is 2.33. The summed E-state index contributed by atoms with van der Waals surface area (Å²) in [6, 6.07) is 8.06. The van der Waals surface area contributed by atoms with Crippen LogP contribution in [0.3, 0.4) is 0 Å². The summed E-state index contributed by atoms with van der Waals surface area (Å²) in [6.45, 7) is 3.10. The lowest BCUT2D eigenvalue weighted by molar-refractivity contribution is -0.149. The number of Topliss-reactive ketones (excluding diaryl/α,β-unsaturated/α-hetero) is 1. The highest BCUT2D eigenvalue weighted by atomic mass is 16.5. The fourth-order valence-electron chi connectivity index (χ4n) is 2.24. The molecular formula is C14H17NO3. The number of methoxy groups -OCH3 is 1. The quantitative estimate of drug-likeness (QED) is 0.588. The molecule has 0 N–H and O–H groups in total. The smallest absolute Gasteiger partial charge is 0.318 e. The van der Waals surface area contributed by atoms with Gasteiger partial charge in [0.15, 0.2) is 5.78 Å². The lowest BCUT2D eigenvalue weighted by Gasteiger charge is -2.32. The molecular weight excluding hydrogens is 230 g/mol. The minimum atomic E-state index is -0.649. The molecule has 96 valence electrons. The van der Waals surface area contributed by atoms with E-state index in [9.17, 15) is 9.59 Å². The van der Waals surface area contributed by atoms with Crippen molar-refractivity contribution < 1.29 is 14.3 Å². The van der Waals surface area contributed by atoms with E-state index in [4.69, 9.17) is 0 Å². The molecule has 1 heterocycles. The van der Waals surface area contributed by atoms with Gasteiger partial charge < -0.3 is 9.64 Å². The molecule has 4 heteroatoms. The molecule has 1 atom stereocenters. The van der Waals surface area contributed by atoms with E-state index in [0.717, 1.165) is 5.69 Å². The summed E-state index contributed by atoms with van der Waals surface area (Å²) >= 11 is 0. The van der Waals surface area contributed by atoms with Crippen molar-refractivity contribution >= 4 is 17.4 Å². The van der Waals surface area contributed by atoms with E-state index < -0.39 is 11.9 Å². The Morgan fingerprint density at radius 3 is 2.89 bits per heavy atom. The van der Waals surface area contributed by atoms with Crippen LogP contribution in [0.5, 0.6) is 0 Å². The predicted octanol–water partition coefficient (Wildman–Crippen LogP) is 1.56. The standard InChI is InChI=1S/C14H17NO3/c1-10-4-3-5-11(8-10)15-7-6-13(16)12(9-15)14(17)18-2/h3-5,8,12H,6-7,9H2,1-2H3. The number of benzene rings is 1. The summed E-state index contributed by atoms with van der Waals surface area (Å²) in [7, 11) is 1.32. The molecule has 1 aliphatic rings. The number of hydrogen-bond acceptors (Lipinski definition) is 4. The van der Waals surface area contributed by atoms with E-state index in [1.54, 1.807) is 0 Å². The summed E-state index contributed by atoms with van der Waals surface area (Å²) in [5.74, 6) is -1.10. The maximum atomic E-state index is 11.7. The molecule has 0 spiro atoms. The van der Waals surface area contributed by atoms with Gasteiger partial charge in [0.05, 0.1) is 7.11 Å². The number of hydrogen-bond donors (Lipinski definition) is 0. The number of nitrogens with zero attached hydrogens (tertiary/aromatic N) is 1. The van der Waals surface area contributed by atoms with E-state index in [2.05, 4.69) is 15.7 Å². The average Bonchev–Trinajstić information content (AvgIpc) is 2.38. The van der Waals surface area contributed by atoms with Gasteiger partial charge >= 0.3 is 5.97 Å². The van der Waals surface area contributed by atoms with Crippen molar-refractivity contribution in [3.63, 3.8) is 0 Å². The Balaban J connectivity index is 2.17.